The number of nitrogens with one attached hydrogen (secondary N) is 2. The summed E-state index contributed by atoms with van der Waals surface area (Å²) in [6.07, 6.45) is 3.85. The molecule has 0 spiro atoms. The van der Waals surface area contributed by atoms with E-state index in [-0.39, 0.29) is 18.1 Å². The van der Waals surface area contributed by atoms with Crippen LogP contribution in [0.5, 0.6) is 0 Å². The van der Waals surface area contributed by atoms with E-state index in [0.29, 0.717) is 6.54 Å². The van der Waals surface area contributed by atoms with Gasteiger partial charge in [-0.15, -0.1) is 0 Å². The molecule has 1 saturated carbocycles. The first kappa shape index (κ1) is 13.0. The van der Waals surface area contributed by atoms with Crippen molar-refractivity contribution in [1.29, 1.82) is 0 Å². The van der Waals surface area contributed by atoms with Crippen molar-refractivity contribution in [3.8, 4) is 0 Å². The summed E-state index contributed by atoms with van der Waals surface area (Å²) >= 11 is 0. The number of amides is 2. The molecule has 3 N–H and O–H groups in total. The number of rotatable bonds is 4. The van der Waals surface area contributed by atoms with Crippen molar-refractivity contribution >= 4 is 22.6 Å². The van der Waals surface area contributed by atoms with Crippen LogP contribution in [0.15, 0.2) is 30.5 Å². The van der Waals surface area contributed by atoms with E-state index in [1.54, 1.807) is 11.9 Å². The molecule has 5 nitrogen and oxygen atoms in total. The van der Waals surface area contributed by atoms with Gasteiger partial charge in [-0.1, -0.05) is 6.07 Å². The monoisotopic (exact) mass is 273 g/mol. The van der Waals surface area contributed by atoms with Crippen molar-refractivity contribution < 1.29 is 9.90 Å². The number of hydrogen-bond acceptors (Lipinski definition) is 2. The number of nitrogens with zero attached hydrogens (tertiary/aromatic N) is 1. The lowest BCUT2D eigenvalue weighted by Gasteiger charge is -2.23. The summed E-state index contributed by atoms with van der Waals surface area (Å²) in [5.41, 5.74) is 1.74. The molecule has 0 unspecified atom stereocenters. The van der Waals surface area contributed by atoms with Gasteiger partial charge >= 0.3 is 6.03 Å². The molecule has 2 amide bonds. The summed E-state index contributed by atoms with van der Waals surface area (Å²) in [4.78, 5) is 17.0. The van der Waals surface area contributed by atoms with Gasteiger partial charge in [-0.3, -0.25) is 0 Å². The molecular formula is C15H19N3O2. The van der Waals surface area contributed by atoms with E-state index in [1.807, 2.05) is 30.5 Å². The van der Waals surface area contributed by atoms with E-state index in [9.17, 15) is 9.90 Å². The quantitative estimate of drug-likeness (QED) is 0.800. The highest BCUT2D eigenvalue weighted by Gasteiger charge is 2.43. The number of hydrogen-bond donors (Lipinski definition) is 3. The number of urea groups is 1. The van der Waals surface area contributed by atoms with E-state index in [0.717, 1.165) is 29.4 Å². The Bertz CT molecular complexity index is 631. The highest BCUT2D eigenvalue weighted by molar-refractivity contribution is 6.00. The lowest BCUT2D eigenvalue weighted by atomic mass is 10.1. The molecule has 1 fully saturated rings. The van der Waals surface area contributed by atoms with Crippen molar-refractivity contribution in [3.63, 3.8) is 0 Å². The standard InChI is InChI=1S/C15H19N3O2/c1-18(9-15(10-19)6-7-15)14(20)17-13-4-2-3-12-11(13)5-8-16-12/h2-5,8,16,19H,6-7,9-10H2,1H3,(H,17,20). The van der Waals surface area contributed by atoms with Crippen molar-refractivity contribution in [1.82, 2.24) is 9.88 Å². The van der Waals surface area contributed by atoms with Crippen LogP contribution in [0.2, 0.25) is 0 Å². The molecule has 1 aromatic carbocycles. The lowest BCUT2D eigenvalue weighted by Crippen LogP contribution is -2.37. The SMILES string of the molecule is CN(CC1(CO)CC1)C(=O)Nc1cccc2[nH]ccc12. The zero-order chi connectivity index (χ0) is 14.2. The number of aliphatic hydroxyl groups excluding tert-OH is 1. The number of H-pyrrole nitrogens is 1. The highest BCUT2D eigenvalue weighted by Crippen LogP contribution is 2.45. The first-order chi connectivity index (χ1) is 9.63. The van der Waals surface area contributed by atoms with E-state index in [1.165, 1.54) is 0 Å². The predicted molar refractivity (Wildman–Crippen MR) is 78.7 cm³/mol. The maximum absolute atomic E-state index is 12.2. The number of fused-ring (bicyclic) bond motifs is 1. The molecule has 1 aromatic heterocycles. The molecule has 0 saturated heterocycles. The maximum Gasteiger partial charge on any atom is 0.321 e. The summed E-state index contributed by atoms with van der Waals surface area (Å²) in [5.74, 6) is 0. The average Bonchev–Trinajstić information content (AvgIpc) is 3.05. The molecular weight excluding hydrogens is 254 g/mol. The number of anilines is 1. The molecule has 3 rings (SSSR count). The average molecular weight is 273 g/mol. The van der Waals surface area contributed by atoms with Gasteiger partial charge in [-0.05, 0) is 31.0 Å². The van der Waals surface area contributed by atoms with Gasteiger partial charge in [0.15, 0.2) is 0 Å². The Kier molecular flexibility index (Phi) is 3.14. The number of aromatic nitrogens is 1. The van der Waals surface area contributed by atoms with Crippen molar-refractivity contribution in [2.24, 2.45) is 5.41 Å². The van der Waals surface area contributed by atoms with E-state index < -0.39 is 0 Å². The smallest absolute Gasteiger partial charge is 0.321 e. The normalized spacial score (nSPS) is 16.1. The second kappa shape index (κ2) is 4.83. The Hall–Kier alpha value is -2.01. The minimum absolute atomic E-state index is 0.0633. The van der Waals surface area contributed by atoms with Crippen LogP contribution in [-0.2, 0) is 0 Å². The fraction of sp³-hybridized carbons (Fsp3) is 0.400. The number of aliphatic hydroxyl groups is 1. The third kappa shape index (κ3) is 2.36. The molecule has 106 valence electrons. The topological polar surface area (TPSA) is 68.4 Å². The molecule has 0 aliphatic heterocycles. The van der Waals surface area contributed by atoms with E-state index in [4.69, 9.17) is 0 Å². The molecule has 0 radical (unpaired) electrons. The van der Waals surface area contributed by atoms with E-state index >= 15 is 0 Å². The Labute approximate surface area is 117 Å². The molecule has 2 aromatic rings. The van der Waals surface area contributed by atoms with Gasteiger partial charge in [-0.2, -0.15) is 0 Å². The summed E-state index contributed by atoms with van der Waals surface area (Å²) < 4.78 is 0. The Morgan fingerprint density at radius 1 is 1.45 bits per heavy atom. The maximum atomic E-state index is 12.2. The summed E-state index contributed by atoms with van der Waals surface area (Å²) in [5, 5.41) is 13.3. The first-order valence-electron chi connectivity index (χ1n) is 6.83. The molecule has 1 aliphatic rings. The second-order valence-electron chi connectivity index (χ2n) is 5.69. The Balaban J connectivity index is 1.71. The van der Waals surface area contributed by atoms with Gasteiger partial charge in [0.1, 0.15) is 0 Å². The highest BCUT2D eigenvalue weighted by atomic mass is 16.3. The number of carbonyl (C=O) groups excluding carboxylic acids is 1. The van der Waals surface area contributed by atoms with Gasteiger partial charge in [0.25, 0.3) is 0 Å². The van der Waals surface area contributed by atoms with Crippen LogP contribution < -0.4 is 5.32 Å². The van der Waals surface area contributed by atoms with Gasteiger partial charge in [0.05, 0.1) is 12.3 Å². The molecule has 5 heteroatoms. The van der Waals surface area contributed by atoms with Crippen LogP contribution in [0.25, 0.3) is 10.9 Å². The minimum atomic E-state index is -0.140. The van der Waals surface area contributed by atoms with Crippen molar-refractivity contribution in [2.45, 2.75) is 12.8 Å². The zero-order valence-electron chi connectivity index (χ0n) is 11.5. The molecule has 0 bridgehead atoms. The number of carbonyl (C=O) groups is 1. The fourth-order valence-corrected chi connectivity index (χ4v) is 2.52. The van der Waals surface area contributed by atoms with Gasteiger partial charge in [0, 0.05) is 36.1 Å². The fourth-order valence-electron chi connectivity index (χ4n) is 2.52. The third-order valence-corrected chi connectivity index (χ3v) is 4.05. The van der Waals surface area contributed by atoms with Crippen LogP contribution in [-0.4, -0.2) is 41.2 Å². The van der Waals surface area contributed by atoms with Crippen LogP contribution >= 0.6 is 0 Å². The van der Waals surface area contributed by atoms with Crippen molar-refractivity contribution in [3.05, 3.63) is 30.5 Å². The zero-order valence-corrected chi connectivity index (χ0v) is 11.5. The summed E-state index contributed by atoms with van der Waals surface area (Å²) in [7, 11) is 1.77. The largest absolute Gasteiger partial charge is 0.396 e. The Morgan fingerprint density at radius 2 is 2.25 bits per heavy atom. The van der Waals surface area contributed by atoms with Gasteiger partial charge in [0.2, 0.25) is 0 Å². The third-order valence-electron chi connectivity index (χ3n) is 4.05. The summed E-state index contributed by atoms with van der Waals surface area (Å²) in [6, 6.07) is 7.57. The van der Waals surface area contributed by atoms with Crippen LogP contribution in [0.1, 0.15) is 12.8 Å². The van der Waals surface area contributed by atoms with Gasteiger partial charge < -0.3 is 20.3 Å². The molecule has 1 aliphatic carbocycles. The predicted octanol–water partition coefficient (Wildman–Crippen LogP) is 2.40. The van der Waals surface area contributed by atoms with E-state index in [2.05, 4.69) is 10.3 Å². The first-order valence-corrected chi connectivity index (χ1v) is 6.83. The van der Waals surface area contributed by atoms with Crippen molar-refractivity contribution in [2.75, 3.05) is 25.5 Å². The number of benzene rings is 1. The second-order valence-corrected chi connectivity index (χ2v) is 5.69. The molecule has 1 heterocycles. The van der Waals surface area contributed by atoms with Gasteiger partial charge in [-0.25, -0.2) is 4.79 Å². The minimum Gasteiger partial charge on any atom is -0.396 e. The van der Waals surface area contributed by atoms with Crippen LogP contribution in [0.3, 0.4) is 0 Å². The molecule has 0 atom stereocenters. The lowest BCUT2D eigenvalue weighted by molar-refractivity contribution is 0.168. The Morgan fingerprint density at radius 3 is 2.95 bits per heavy atom. The van der Waals surface area contributed by atoms with Crippen LogP contribution in [0.4, 0.5) is 10.5 Å². The molecule has 20 heavy (non-hydrogen) atoms. The number of aromatic amines is 1. The summed E-state index contributed by atoms with van der Waals surface area (Å²) in [6.45, 7) is 0.746. The van der Waals surface area contributed by atoms with Crippen LogP contribution in [0, 0.1) is 5.41 Å².